The highest BCUT2D eigenvalue weighted by atomic mass is 16.8. The van der Waals surface area contributed by atoms with Crippen LogP contribution in [0.3, 0.4) is 0 Å². The highest BCUT2D eigenvalue weighted by Crippen LogP contribution is 2.67. The molecule has 19 atom stereocenters. The van der Waals surface area contributed by atoms with Gasteiger partial charge in [0.1, 0.15) is 37.0 Å². The van der Waals surface area contributed by atoms with Crippen LogP contribution in [-0.4, -0.2) is 147 Å². The minimum Gasteiger partial charge on any atom is -0.459 e. The van der Waals surface area contributed by atoms with Crippen LogP contribution in [0.1, 0.15) is 168 Å². The molecule has 5 fully saturated rings. The predicted molar refractivity (Wildman–Crippen MR) is 424 cm³/mol. The van der Waals surface area contributed by atoms with Gasteiger partial charge >= 0.3 is 47.8 Å². The summed E-state index contributed by atoms with van der Waals surface area (Å²) in [5.41, 5.74) is 1.66. The van der Waals surface area contributed by atoms with E-state index in [1.54, 1.807) is 206 Å². The van der Waals surface area contributed by atoms with Crippen LogP contribution in [0.15, 0.2) is 254 Å². The highest BCUT2D eigenvalue weighted by molar-refractivity contribution is 5.95. The minimum absolute atomic E-state index is 0.0228. The Kier molecular flexibility index (Phi) is 26.0. The van der Waals surface area contributed by atoms with E-state index >= 15 is 0 Å². The molecule has 3 saturated carbocycles. The van der Waals surface area contributed by atoms with Gasteiger partial charge in [-0.2, -0.15) is 0 Å². The van der Waals surface area contributed by atoms with E-state index in [2.05, 4.69) is 19.9 Å². The molecule has 0 aromatic heterocycles. The molecule has 8 aromatic rings. The standard InChI is InChI=1S/C95H94O22/c1-58(55-108-92-82(116-90(104)66-41-25-11-26-42-66)80(114-88(102)64-37-21-9-22-38-64)78(112-86(100)62-33-17-7-18-34-62)75(110-92)56-106-84(98)60-29-13-5-14-30-60)45-48-73(96)59(2)77-74(97)54-72-70-47-46-68-53-69(49-51-94(68,3)71(70)50-52-95(72,77)4)109-93-83(117-91(105)67-43-27-12-28-44-67)81(115-89(103)65-39-23-10-24-40-65)79(113-87(101)63-35-19-8-20-36-63)76(111-93)57-107-85(99)61-31-15-6-16-32-61/h5-44,46,58-59,69-72,75-83,92-93H,45,47-57H2,1-4H3/t58?,59-,69+,70-,71+,72+,75-,76-,77+,78-,79-,80+,81+,82-,83-,92-,93-,94+,95+/m1/s1. The third kappa shape index (κ3) is 18.8. The van der Waals surface area contributed by atoms with Crippen LogP contribution in [0.25, 0.3) is 0 Å². The van der Waals surface area contributed by atoms with Crippen molar-refractivity contribution >= 4 is 59.3 Å². The molecule has 22 heteroatoms. The van der Waals surface area contributed by atoms with E-state index in [0.29, 0.717) is 44.9 Å². The summed E-state index contributed by atoms with van der Waals surface area (Å²) in [5, 5.41) is 0. The van der Waals surface area contributed by atoms with Crippen LogP contribution in [0, 0.1) is 46.3 Å². The molecule has 0 bridgehead atoms. The number of ketones is 2. The quantitative estimate of drug-likeness (QED) is 0.0250. The Bertz CT molecular complexity index is 4840. The van der Waals surface area contributed by atoms with E-state index in [-0.39, 0.29) is 98.2 Å². The van der Waals surface area contributed by atoms with E-state index in [1.165, 1.54) is 36.4 Å². The molecule has 22 nitrogen and oxygen atoms in total. The summed E-state index contributed by atoms with van der Waals surface area (Å²) in [6, 6.07) is 65.3. The number of Topliss-reactive ketones (excluding diaryl/α,β-unsaturated/α-hetero) is 2. The number of carbonyl (C=O) groups is 10. The summed E-state index contributed by atoms with van der Waals surface area (Å²) in [4.78, 5) is 143. The second-order valence-electron chi connectivity index (χ2n) is 31.6. The molecule has 8 aromatic carbocycles. The number of ether oxygens (including phenoxy) is 12. The first-order valence-corrected chi connectivity index (χ1v) is 40.0. The minimum atomic E-state index is -1.64. The zero-order valence-electron chi connectivity index (χ0n) is 65.5. The highest BCUT2D eigenvalue weighted by Gasteiger charge is 2.63. The molecule has 0 spiro atoms. The van der Waals surface area contributed by atoms with E-state index in [4.69, 9.17) is 56.8 Å². The molecule has 2 heterocycles. The van der Waals surface area contributed by atoms with Crippen LogP contribution in [0.4, 0.5) is 0 Å². The van der Waals surface area contributed by atoms with Gasteiger partial charge in [0.05, 0.1) is 57.2 Å². The van der Waals surface area contributed by atoms with Gasteiger partial charge in [0, 0.05) is 24.7 Å². The molecule has 0 N–H and O–H groups in total. The van der Waals surface area contributed by atoms with Gasteiger partial charge in [-0.1, -0.05) is 185 Å². The maximum absolute atomic E-state index is 14.9. The predicted octanol–water partition coefficient (Wildman–Crippen LogP) is 15.3. The van der Waals surface area contributed by atoms with Gasteiger partial charge < -0.3 is 56.8 Å². The first kappa shape index (κ1) is 82.0. The number of hydrogen-bond acceptors (Lipinski definition) is 22. The van der Waals surface area contributed by atoms with E-state index in [1.807, 2.05) is 13.8 Å². The maximum Gasteiger partial charge on any atom is 0.338 e. The molecule has 4 aliphatic carbocycles. The van der Waals surface area contributed by atoms with Crippen LogP contribution in [-0.2, 0) is 66.4 Å². The molecule has 117 heavy (non-hydrogen) atoms. The lowest BCUT2D eigenvalue weighted by Gasteiger charge is -2.58. The molecular weight excluding hydrogens is 1490 g/mol. The van der Waals surface area contributed by atoms with Crippen molar-refractivity contribution in [2.24, 2.45) is 46.3 Å². The second-order valence-corrected chi connectivity index (χ2v) is 31.6. The van der Waals surface area contributed by atoms with Gasteiger partial charge in [-0.3, -0.25) is 9.59 Å². The van der Waals surface area contributed by atoms with Gasteiger partial charge in [-0.05, 0) is 177 Å². The van der Waals surface area contributed by atoms with Crippen LogP contribution >= 0.6 is 0 Å². The number of rotatable bonds is 28. The number of benzene rings is 8. The van der Waals surface area contributed by atoms with Gasteiger partial charge in [-0.15, -0.1) is 0 Å². The summed E-state index contributed by atoms with van der Waals surface area (Å²) >= 11 is 0. The zero-order valence-corrected chi connectivity index (χ0v) is 65.5. The lowest BCUT2D eigenvalue weighted by Crippen LogP contribution is -2.63. The molecule has 2 aliphatic heterocycles. The number of hydrogen-bond donors (Lipinski definition) is 0. The fourth-order valence-electron chi connectivity index (χ4n) is 18.1. The molecular formula is C95H94O22. The fourth-order valence-corrected chi connectivity index (χ4v) is 18.1. The smallest absolute Gasteiger partial charge is 0.338 e. The Labute approximate surface area is 678 Å². The number of allylic oxidation sites excluding steroid dienone is 1. The molecule has 0 radical (unpaired) electrons. The van der Waals surface area contributed by atoms with Crippen LogP contribution in [0.2, 0.25) is 0 Å². The summed E-state index contributed by atoms with van der Waals surface area (Å²) in [7, 11) is 0. The van der Waals surface area contributed by atoms with Gasteiger partial charge in [0.25, 0.3) is 0 Å². The Morgan fingerprint density at radius 1 is 0.410 bits per heavy atom. The summed E-state index contributed by atoms with van der Waals surface area (Å²) < 4.78 is 76.8. The largest absolute Gasteiger partial charge is 0.459 e. The third-order valence-electron chi connectivity index (χ3n) is 24.2. The second kappa shape index (κ2) is 37.1. The Morgan fingerprint density at radius 3 is 1.15 bits per heavy atom. The topological polar surface area (TPSA) is 281 Å². The summed E-state index contributed by atoms with van der Waals surface area (Å²) in [6.45, 7) is 7.07. The molecule has 1 unspecified atom stereocenters. The molecule has 0 amide bonds. The molecule has 2 saturated heterocycles. The third-order valence-corrected chi connectivity index (χ3v) is 24.2. The van der Waals surface area contributed by atoms with Crippen molar-refractivity contribution in [1.82, 2.24) is 0 Å². The van der Waals surface area contributed by atoms with Crippen LogP contribution in [0.5, 0.6) is 0 Å². The molecule has 606 valence electrons. The fraction of sp³-hybridized carbons (Fsp3) is 0.368. The number of fused-ring (bicyclic) bond motifs is 5. The SMILES string of the molecule is CC(CCC(=O)[C@@H](C)[C@H]1C(=O)C[C@H]2[C@@H]3CC=C4C[C@@H](O[C@@H]5O[C@H](COC(=O)c6ccccc6)[C@@H](OC(=O)c6ccccc6)[C@H](OC(=O)c6ccccc6)[C@H]5OC(=O)c5ccccc5)CC[C@]4(C)[C@H]3CC[C@]12C)CO[C@@H]1O[C@H](COC(=O)c2ccccc2)[C@@H](OC(=O)c2ccccc2)[C@H](OC(=O)c2ccccc2)[C@H]1OC(=O)c1ccccc1. The van der Waals surface area contributed by atoms with E-state index < -0.39 is 146 Å². The van der Waals surface area contributed by atoms with E-state index in [9.17, 15) is 47.9 Å². The van der Waals surface area contributed by atoms with Gasteiger partial charge in [0.15, 0.2) is 49.2 Å². The average molecular weight is 1590 g/mol. The van der Waals surface area contributed by atoms with Gasteiger partial charge in [0.2, 0.25) is 0 Å². The van der Waals surface area contributed by atoms with Crippen molar-refractivity contribution < 1.29 is 105 Å². The van der Waals surface area contributed by atoms with Crippen molar-refractivity contribution in [2.45, 2.75) is 153 Å². The average Bonchev–Trinajstić information content (AvgIpc) is 1.62. The first-order valence-electron chi connectivity index (χ1n) is 40.0. The monoisotopic (exact) mass is 1590 g/mol. The lowest BCUT2D eigenvalue weighted by atomic mass is 9.47. The van der Waals surface area contributed by atoms with Crippen molar-refractivity contribution in [2.75, 3.05) is 19.8 Å². The van der Waals surface area contributed by atoms with Crippen molar-refractivity contribution in [3.05, 3.63) is 299 Å². The number of carbonyl (C=O) groups excluding carboxylic acids is 10. The van der Waals surface area contributed by atoms with Gasteiger partial charge in [-0.25, -0.2) is 38.4 Å². The van der Waals surface area contributed by atoms with Crippen LogP contribution < -0.4 is 0 Å². The first-order chi connectivity index (χ1) is 56.7. The Hall–Kier alpha value is -11.6. The molecule has 6 aliphatic rings. The van der Waals surface area contributed by atoms with E-state index in [0.717, 1.165) is 12.0 Å². The Balaban J connectivity index is 0.673. The zero-order chi connectivity index (χ0) is 81.7. The van der Waals surface area contributed by atoms with Crippen molar-refractivity contribution in [3.63, 3.8) is 0 Å². The lowest BCUT2D eigenvalue weighted by molar-refractivity contribution is -0.310. The van der Waals surface area contributed by atoms with Crippen molar-refractivity contribution in [1.29, 1.82) is 0 Å². The molecule has 14 rings (SSSR count). The number of esters is 8. The summed E-state index contributed by atoms with van der Waals surface area (Å²) in [6.07, 6.45) is -9.16. The maximum atomic E-state index is 14.9. The summed E-state index contributed by atoms with van der Waals surface area (Å²) in [5.74, 6) is -7.76. The van der Waals surface area contributed by atoms with Crippen molar-refractivity contribution in [3.8, 4) is 0 Å². The normalized spacial score (nSPS) is 27.5. The Morgan fingerprint density at radius 2 is 0.761 bits per heavy atom.